The second-order valence-corrected chi connectivity index (χ2v) is 6.27. The van der Waals surface area contributed by atoms with E-state index < -0.39 is 0 Å². The fourth-order valence-corrected chi connectivity index (χ4v) is 2.76. The van der Waals surface area contributed by atoms with E-state index in [0.29, 0.717) is 29.0 Å². The number of carbonyl (C=O) groups is 1. The number of aryl methyl sites for hydroxylation is 1. The summed E-state index contributed by atoms with van der Waals surface area (Å²) in [7, 11) is 0. The smallest absolute Gasteiger partial charge is 0.280 e. The van der Waals surface area contributed by atoms with Crippen molar-refractivity contribution in [1.82, 2.24) is 9.66 Å². The average Bonchev–Trinajstić information content (AvgIpc) is 2.63. The standard InChI is InChI=1S/C19H18ClN3O3/c1-13-11-14(20)8-9-17(13)26-10-4-7-18(24)22-23-12-21-16-6-3-2-5-15(16)19(23)25/h2-3,5-6,8-9,11-12H,4,7,10H2,1H3,(H,22,24). The number of nitrogens with zero attached hydrogens (tertiary/aromatic N) is 2. The van der Waals surface area contributed by atoms with Gasteiger partial charge in [0.1, 0.15) is 12.1 Å². The molecular formula is C19H18ClN3O3. The van der Waals surface area contributed by atoms with Crippen molar-refractivity contribution in [2.45, 2.75) is 19.8 Å². The molecule has 1 amide bonds. The molecule has 0 aliphatic carbocycles. The van der Waals surface area contributed by atoms with Crippen molar-refractivity contribution in [3.63, 3.8) is 0 Å². The minimum Gasteiger partial charge on any atom is -0.493 e. The molecule has 26 heavy (non-hydrogen) atoms. The van der Waals surface area contributed by atoms with E-state index in [1.165, 1.54) is 6.33 Å². The first-order chi connectivity index (χ1) is 12.5. The molecule has 0 unspecified atom stereocenters. The van der Waals surface area contributed by atoms with Gasteiger partial charge in [0.2, 0.25) is 5.91 Å². The van der Waals surface area contributed by atoms with E-state index in [-0.39, 0.29) is 17.9 Å². The predicted octanol–water partition coefficient (Wildman–Crippen LogP) is 3.29. The molecule has 134 valence electrons. The van der Waals surface area contributed by atoms with E-state index in [1.807, 2.05) is 13.0 Å². The van der Waals surface area contributed by atoms with Gasteiger partial charge >= 0.3 is 0 Å². The van der Waals surface area contributed by atoms with Crippen LogP contribution in [0, 0.1) is 6.92 Å². The maximum Gasteiger partial charge on any atom is 0.280 e. The molecule has 7 heteroatoms. The van der Waals surface area contributed by atoms with Gasteiger partial charge in [-0.3, -0.25) is 15.0 Å². The number of aromatic nitrogens is 2. The molecule has 0 saturated heterocycles. The lowest BCUT2D eigenvalue weighted by atomic mass is 10.2. The number of halogens is 1. The lowest BCUT2D eigenvalue weighted by Gasteiger charge is -2.10. The Hall–Kier alpha value is -2.86. The van der Waals surface area contributed by atoms with Gasteiger partial charge in [0.25, 0.3) is 5.56 Å². The lowest BCUT2D eigenvalue weighted by molar-refractivity contribution is -0.117. The third-order valence-corrected chi connectivity index (χ3v) is 4.09. The molecule has 1 N–H and O–H groups in total. The number of nitrogens with one attached hydrogen (secondary N) is 1. The van der Waals surface area contributed by atoms with Gasteiger partial charge in [-0.2, -0.15) is 0 Å². The van der Waals surface area contributed by atoms with Gasteiger partial charge in [0.05, 0.1) is 17.5 Å². The molecule has 0 aliphatic rings. The van der Waals surface area contributed by atoms with E-state index in [4.69, 9.17) is 16.3 Å². The van der Waals surface area contributed by atoms with Crippen LogP contribution in [0.1, 0.15) is 18.4 Å². The summed E-state index contributed by atoms with van der Waals surface area (Å²) in [6.45, 7) is 2.30. The Morgan fingerprint density at radius 1 is 1.27 bits per heavy atom. The molecule has 0 saturated carbocycles. The maximum atomic E-state index is 12.3. The van der Waals surface area contributed by atoms with Crippen LogP contribution in [-0.4, -0.2) is 22.2 Å². The van der Waals surface area contributed by atoms with E-state index in [0.717, 1.165) is 16.0 Å². The Labute approximate surface area is 155 Å². The van der Waals surface area contributed by atoms with Crippen LogP contribution in [0.25, 0.3) is 10.9 Å². The molecule has 3 aromatic rings. The second kappa shape index (κ2) is 8.01. The highest BCUT2D eigenvalue weighted by Crippen LogP contribution is 2.21. The summed E-state index contributed by atoms with van der Waals surface area (Å²) in [6, 6.07) is 12.4. The quantitative estimate of drug-likeness (QED) is 0.675. The zero-order chi connectivity index (χ0) is 18.5. The zero-order valence-electron chi connectivity index (χ0n) is 14.2. The van der Waals surface area contributed by atoms with Crippen LogP contribution < -0.4 is 15.7 Å². The highest BCUT2D eigenvalue weighted by Gasteiger charge is 2.07. The summed E-state index contributed by atoms with van der Waals surface area (Å²) in [5.41, 5.74) is 3.77. The first-order valence-electron chi connectivity index (χ1n) is 8.20. The van der Waals surface area contributed by atoms with Crippen LogP contribution in [0.3, 0.4) is 0 Å². The normalized spacial score (nSPS) is 10.7. The summed E-state index contributed by atoms with van der Waals surface area (Å²) >= 11 is 5.90. The van der Waals surface area contributed by atoms with Crippen LogP contribution in [-0.2, 0) is 4.79 Å². The van der Waals surface area contributed by atoms with Gasteiger partial charge in [0.15, 0.2) is 0 Å². The topological polar surface area (TPSA) is 73.2 Å². The third-order valence-electron chi connectivity index (χ3n) is 3.85. The SMILES string of the molecule is Cc1cc(Cl)ccc1OCCCC(=O)Nn1cnc2ccccc2c1=O. The first kappa shape index (κ1) is 17.9. The van der Waals surface area contributed by atoms with Crippen molar-refractivity contribution in [1.29, 1.82) is 0 Å². The molecule has 0 fully saturated rings. The van der Waals surface area contributed by atoms with E-state index >= 15 is 0 Å². The van der Waals surface area contributed by atoms with Gasteiger partial charge < -0.3 is 4.74 Å². The maximum absolute atomic E-state index is 12.3. The molecule has 1 aromatic heterocycles. The van der Waals surface area contributed by atoms with Crippen LogP contribution in [0.2, 0.25) is 5.02 Å². The number of benzene rings is 2. The molecule has 6 nitrogen and oxygen atoms in total. The Balaban J connectivity index is 1.53. The number of ether oxygens (including phenoxy) is 1. The summed E-state index contributed by atoms with van der Waals surface area (Å²) in [5.74, 6) is 0.463. The molecule has 2 aromatic carbocycles. The fraction of sp³-hybridized carbons (Fsp3) is 0.211. The van der Waals surface area contributed by atoms with Crippen molar-refractivity contribution in [3.05, 3.63) is 69.7 Å². The van der Waals surface area contributed by atoms with E-state index in [9.17, 15) is 9.59 Å². The minimum atomic E-state index is -0.308. The molecular weight excluding hydrogens is 354 g/mol. The van der Waals surface area contributed by atoms with Gasteiger partial charge in [-0.05, 0) is 49.2 Å². The van der Waals surface area contributed by atoms with Crippen molar-refractivity contribution in [2.75, 3.05) is 12.0 Å². The summed E-state index contributed by atoms with van der Waals surface area (Å²) in [5, 5.41) is 1.11. The highest BCUT2D eigenvalue weighted by molar-refractivity contribution is 6.30. The number of carbonyl (C=O) groups excluding carboxylic acids is 1. The number of amides is 1. The molecule has 0 radical (unpaired) electrons. The predicted molar refractivity (Wildman–Crippen MR) is 101 cm³/mol. The fourth-order valence-electron chi connectivity index (χ4n) is 2.53. The van der Waals surface area contributed by atoms with Crippen LogP contribution in [0.4, 0.5) is 0 Å². The number of rotatable bonds is 6. The van der Waals surface area contributed by atoms with Crippen molar-refractivity contribution in [3.8, 4) is 5.75 Å². The average molecular weight is 372 g/mol. The van der Waals surface area contributed by atoms with Crippen LogP contribution in [0.15, 0.2) is 53.6 Å². The number of hydrogen-bond donors (Lipinski definition) is 1. The zero-order valence-corrected chi connectivity index (χ0v) is 15.0. The van der Waals surface area contributed by atoms with Crippen LogP contribution >= 0.6 is 11.6 Å². The van der Waals surface area contributed by atoms with E-state index in [1.54, 1.807) is 36.4 Å². The first-order valence-corrected chi connectivity index (χ1v) is 8.57. The Morgan fingerprint density at radius 2 is 2.08 bits per heavy atom. The third kappa shape index (κ3) is 4.21. The van der Waals surface area contributed by atoms with Crippen molar-refractivity contribution < 1.29 is 9.53 Å². The molecule has 0 atom stereocenters. The Kier molecular flexibility index (Phi) is 5.53. The summed E-state index contributed by atoms with van der Waals surface area (Å²) in [4.78, 5) is 28.5. The largest absolute Gasteiger partial charge is 0.493 e. The van der Waals surface area contributed by atoms with E-state index in [2.05, 4.69) is 10.4 Å². The van der Waals surface area contributed by atoms with Gasteiger partial charge in [0, 0.05) is 11.4 Å². The second-order valence-electron chi connectivity index (χ2n) is 5.83. The molecule has 0 spiro atoms. The Morgan fingerprint density at radius 3 is 2.88 bits per heavy atom. The summed E-state index contributed by atoms with van der Waals surface area (Å²) in [6.07, 6.45) is 2.06. The number of fused-ring (bicyclic) bond motifs is 1. The van der Waals surface area contributed by atoms with Gasteiger partial charge in [-0.25, -0.2) is 9.66 Å². The molecule has 0 bridgehead atoms. The lowest BCUT2D eigenvalue weighted by Crippen LogP contribution is -2.33. The monoisotopic (exact) mass is 371 g/mol. The molecule has 0 aliphatic heterocycles. The van der Waals surface area contributed by atoms with Gasteiger partial charge in [-0.1, -0.05) is 23.7 Å². The molecule has 3 rings (SSSR count). The van der Waals surface area contributed by atoms with Crippen molar-refractivity contribution >= 4 is 28.4 Å². The minimum absolute atomic E-state index is 0.228. The summed E-state index contributed by atoms with van der Waals surface area (Å²) < 4.78 is 6.76. The highest BCUT2D eigenvalue weighted by atomic mass is 35.5. The van der Waals surface area contributed by atoms with Crippen molar-refractivity contribution in [2.24, 2.45) is 0 Å². The molecule has 1 heterocycles. The number of para-hydroxylation sites is 1. The van der Waals surface area contributed by atoms with Crippen LogP contribution in [0.5, 0.6) is 5.75 Å². The number of hydrogen-bond acceptors (Lipinski definition) is 4. The van der Waals surface area contributed by atoms with Gasteiger partial charge in [-0.15, -0.1) is 0 Å². The Bertz CT molecular complexity index is 1000.